The number of imidazole rings is 1. The van der Waals surface area contributed by atoms with Crippen LogP contribution < -0.4 is 11.1 Å². The first-order valence-electron chi connectivity index (χ1n) is 12.6. The summed E-state index contributed by atoms with van der Waals surface area (Å²) in [5.41, 5.74) is 6.19. The number of benzene rings is 1. The molecule has 3 aromatic heterocycles. The molecule has 1 aromatic carbocycles. The number of carbonyl (C=O) groups excluding carboxylic acids is 1. The van der Waals surface area contributed by atoms with Crippen LogP contribution in [0.15, 0.2) is 55.0 Å². The number of nitrogens with two attached hydrogens (primary N) is 1. The summed E-state index contributed by atoms with van der Waals surface area (Å²) in [6.45, 7) is 3.84. The first kappa shape index (κ1) is 27.1. The molecule has 1 aliphatic carbocycles. The highest BCUT2D eigenvalue weighted by molar-refractivity contribution is 6.04. The van der Waals surface area contributed by atoms with Crippen molar-refractivity contribution in [3.63, 3.8) is 0 Å². The number of alkyl halides is 3. The van der Waals surface area contributed by atoms with Crippen molar-refractivity contribution in [2.75, 3.05) is 11.1 Å². The second-order valence-corrected chi connectivity index (χ2v) is 10.7. The number of amides is 1. The van der Waals surface area contributed by atoms with Crippen molar-refractivity contribution in [1.29, 1.82) is 0 Å². The molecular weight excluding hydrogens is 525 g/mol. The number of rotatable bonds is 5. The van der Waals surface area contributed by atoms with E-state index in [0.29, 0.717) is 42.5 Å². The fourth-order valence-electron chi connectivity index (χ4n) is 5.13. The largest absolute Gasteiger partial charge is 0.481 e. The maximum Gasteiger partial charge on any atom is 0.416 e. The number of aliphatic carboxylic acids is 1. The van der Waals surface area contributed by atoms with Gasteiger partial charge < -0.3 is 16.2 Å². The molecule has 4 N–H and O–H groups in total. The maximum atomic E-state index is 13.0. The average Bonchev–Trinajstić information content (AvgIpc) is 3.32. The number of aromatic nitrogens is 4. The summed E-state index contributed by atoms with van der Waals surface area (Å²) >= 11 is 0. The monoisotopic (exact) mass is 552 g/mol. The van der Waals surface area contributed by atoms with Gasteiger partial charge in [0.15, 0.2) is 0 Å². The van der Waals surface area contributed by atoms with Crippen LogP contribution in [-0.2, 0) is 16.4 Å². The highest BCUT2D eigenvalue weighted by Gasteiger charge is 2.45. The first-order valence-corrected chi connectivity index (χ1v) is 12.6. The molecule has 0 bridgehead atoms. The third-order valence-electron chi connectivity index (χ3n) is 7.85. The molecule has 1 saturated carbocycles. The van der Waals surface area contributed by atoms with Crippen LogP contribution in [0.5, 0.6) is 0 Å². The number of nitrogens with zero attached hydrogens (tertiary/aromatic N) is 4. The number of carbonyl (C=O) groups is 2. The number of hydrogen-bond acceptors (Lipinski definition) is 6. The second-order valence-electron chi connectivity index (χ2n) is 10.7. The lowest BCUT2D eigenvalue weighted by atomic mass is 9.65. The summed E-state index contributed by atoms with van der Waals surface area (Å²) in [5.74, 6) is -0.622. The molecule has 1 fully saturated rings. The predicted octanol–water partition coefficient (Wildman–Crippen LogP) is 5.57. The van der Waals surface area contributed by atoms with E-state index in [-0.39, 0.29) is 17.2 Å². The van der Waals surface area contributed by atoms with Crippen LogP contribution in [0.1, 0.15) is 61.3 Å². The Bertz CT molecular complexity index is 1610. The van der Waals surface area contributed by atoms with Crippen LogP contribution in [0.25, 0.3) is 16.8 Å². The molecule has 0 spiro atoms. The lowest BCUT2D eigenvalue weighted by Gasteiger charge is -2.40. The summed E-state index contributed by atoms with van der Waals surface area (Å²) in [7, 11) is 0. The molecule has 4 aromatic rings. The van der Waals surface area contributed by atoms with E-state index in [1.807, 2.05) is 4.40 Å². The number of halogens is 3. The van der Waals surface area contributed by atoms with Gasteiger partial charge in [-0.3, -0.25) is 14.0 Å². The molecule has 0 radical (unpaired) electrons. The lowest BCUT2D eigenvalue weighted by molar-refractivity contribution is -0.150. The number of fused-ring (bicyclic) bond motifs is 1. The van der Waals surface area contributed by atoms with Gasteiger partial charge in [-0.05, 0) is 56.9 Å². The van der Waals surface area contributed by atoms with Gasteiger partial charge in [0.1, 0.15) is 28.7 Å². The topological polar surface area (TPSA) is 135 Å². The van der Waals surface area contributed by atoms with Crippen molar-refractivity contribution in [2.24, 2.45) is 5.41 Å². The average molecular weight is 553 g/mol. The fraction of sp³-hybridized carbons (Fsp3) is 0.321. The molecule has 1 amide bonds. The minimum absolute atomic E-state index is 0.213. The first-order chi connectivity index (χ1) is 18.8. The van der Waals surface area contributed by atoms with Crippen LogP contribution in [0.3, 0.4) is 0 Å². The van der Waals surface area contributed by atoms with E-state index >= 15 is 0 Å². The number of nitrogen functional groups attached to an aromatic ring is 1. The molecule has 0 unspecified atom stereocenters. The van der Waals surface area contributed by atoms with Gasteiger partial charge in [-0.1, -0.05) is 19.1 Å². The van der Waals surface area contributed by atoms with Crippen molar-refractivity contribution >= 4 is 29.0 Å². The molecule has 1 aliphatic rings. The normalized spacial score (nSPS) is 21.3. The third kappa shape index (κ3) is 4.85. The summed E-state index contributed by atoms with van der Waals surface area (Å²) in [6.07, 6.45) is 2.05. The smallest absolute Gasteiger partial charge is 0.416 e. The minimum atomic E-state index is -4.56. The minimum Gasteiger partial charge on any atom is -0.481 e. The zero-order valence-electron chi connectivity index (χ0n) is 21.8. The summed E-state index contributed by atoms with van der Waals surface area (Å²) in [6, 6.07) is 8.03. The van der Waals surface area contributed by atoms with E-state index in [9.17, 15) is 27.9 Å². The standard InChI is InChI=1S/C28H27F3N6O3/c1-26(8-10-27(2,11-9-26)25(39)40)24-36-20(21-22(32)34-13-14-37(21)24)16-3-5-17(6-4-16)23(38)35-19-15-18(7-12-33-19)28(29,30)31/h3-7,12-15H,8-11H2,1-2H3,(H2,32,34)(H,39,40)(H,33,35,38). The SMILES string of the molecule is CC1(C(=O)O)CCC(C)(c2nc(-c3ccc(C(=O)Nc4cc(C(F)(F)F)ccn4)cc3)c3c(N)nccn23)CC1. The fourth-order valence-corrected chi connectivity index (χ4v) is 5.13. The van der Waals surface area contributed by atoms with Gasteiger partial charge in [0, 0.05) is 35.1 Å². The predicted molar refractivity (Wildman–Crippen MR) is 142 cm³/mol. The Kier molecular flexibility index (Phi) is 6.51. The molecule has 5 rings (SSSR count). The Morgan fingerprint density at radius 1 is 1.02 bits per heavy atom. The van der Waals surface area contributed by atoms with Gasteiger partial charge in [-0.25, -0.2) is 15.0 Å². The van der Waals surface area contributed by atoms with E-state index in [1.165, 1.54) is 12.1 Å². The van der Waals surface area contributed by atoms with Crippen LogP contribution in [0, 0.1) is 5.41 Å². The number of carboxylic acids is 1. The lowest BCUT2D eigenvalue weighted by Crippen LogP contribution is -2.39. The number of nitrogens with one attached hydrogen (secondary N) is 1. The Labute approximate surface area is 227 Å². The van der Waals surface area contributed by atoms with E-state index < -0.39 is 34.4 Å². The van der Waals surface area contributed by atoms with Gasteiger partial charge in [0.25, 0.3) is 5.91 Å². The Morgan fingerprint density at radius 2 is 1.70 bits per heavy atom. The molecule has 12 heteroatoms. The second kappa shape index (κ2) is 9.61. The molecule has 0 saturated heterocycles. The molecule has 208 valence electrons. The molecule has 40 heavy (non-hydrogen) atoms. The third-order valence-corrected chi connectivity index (χ3v) is 7.85. The van der Waals surface area contributed by atoms with Crippen molar-refractivity contribution in [1.82, 2.24) is 19.4 Å². The zero-order valence-corrected chi connectivity index (χ0v) is 21.8. The van der Waals surface area contributed by atoms with Crippen LogP contribution in [-0.4, -0.2) is 36.3 Å². The molecule has 0 atom stereocenters. The van der Waals surface area contributed by atoms with E-state index in [2.05, 4.69) is 22.2 Å². The van der Waals surface area contributed by atoms with Gasteiger partial charge in [0.2, 0.25) is 0 Å². The van der Waals surface area contributed by atoms with Gasteiger partial charge >= 0.3 is 12.1 Å². The highest BCUT2D eigenvalue weighted by atomic mass is 19.4. The van der Waals surface area contributed by atoms with Crippen molar-refractivity contribution in [2.45, 2.75) is 51.1 Å². The van der Waals surface area contributed by atoms with E-state index in [1.54, 1.807) is 31.5 Å². The Balaban J connectivity index is 1.44. The van der Waals surface area contributed by atoms with Crippen molar-refractivity contribution < 1.29 is 27.9 Å². The van der Waals surface area contributed by atoms with E-state index in [4.69, 9.17) is 10.7 Å². The molecule has 9 nitrogen and oxygen atoms in total. The van der Waals surface area contributed by atoms with Crippen LogP contribution in [0.4, 0.5) is 24.8 Å². The number of hydrogen-bond donors (Lipinski definition) is 3. The summed E-state index contributed by atoms with van der Waals surface area (Å²) < 4.78 is 40.9. The summed E-state index contributed by atoms with van der Waals surface area (Å²) in [5, 5.41) is 12.1. The Morgan fingerprint density at radius 3 is 2.33 bits per heavy atom. The van der Waals surface area contributed by atoms with Crippen LogP contribution in [0.2, 0.25) is 0 Å². The van der Waals surface area contributed by atoms with Crippen molar-refractivity contribution in [3.05, 3.63) is 71.9 Å². The van der Waals surface area contributed by atoms with Gasteiger partial charge in [-0.2, -0.15) is 13.2 Å². The highest BCUT2D eigenvalue weighted by Crippen LogP contribution is 2.47. The van der Waals surface area contributed by atoms with Gasteiger partial charge in [0.05, 0.1) is 11.0 Å². The van der Waals surface area contributed by atoms with Crippen molar-refractivity contribution in [3.8, 4) is 11.3 Å². The number of anilines is 2. The zero-order chi connectivity index (χ0) is 28.9. The number of carboxylic acid groups (broad SMARTS) is 1. The molecule has 0 aliphatic heterocycles. The van der Waals surface area contributed by atoms with Crippen LogP contribution >= 0.6 is 0 Å². The Hall–Kier alpha value is -4.48. The summed E-state index contributed by atoms with van der Waals surface area (Å²) in [4.78, 5) is 37.5. The molecular formula is C28H27F3N6O3. The molecule has 3 heterocycles. The van der Waals surface area contributed by atoms with Gasteiger partial charge in [-0.15, -0.1) is 0 Å². The van der Waals surface area contributed by atoms with E-state index in [0.717, 1.165) is 24.2 Å². The quantitative estimate of drug-likeness (QED) is 0.295. The maximum absolute atomic E-state index is 13.0. The number of pyridine rings is 1.